The van der Waals surface area contributed by atoms with Crippen LogP contribution in [0.5, 0.6) is 11.5 Å². The molecular weight excluding hydrogens is 304 g/mol. The molecule has 1 unspecified atom stereocenters. The molecule has 0 radical (unpaired) electrons. The fourth-order valence-electron chi connectivity index (χ4n) is 1.67. The van der Waals surface area contributed by atoms with Gasteiger partial charge in [0.1, 0.15) is 18.1 Å². The molecule has 0 fully saturated rings. The van der Waals surface area contributed by atoms with Gasteiger partial charge in [0.2, 0.25) is 0 Å². The van der Waals surface area contributed by atoms with Gasteiger partial charge in [-0.3, -0.25) is 0 Å². The van der Waals surface area contributed by atoms with Crippen LogP contribution in [0.2, 0.25) is 23.2 Å². The van der Waals surface area contributed by atoms with E-state index in [0.29, 0.717) is 23.1 Å². The summed E-state index contributed by atoms with van der Waals surface area (Å²) in [5.41, 5.74) is 0. The second kappa shape index (κ2) is 7.03. The van der Waals surface area contributed by atoms with E-state index in [1.807, 2.05) is 13.0 Å². The Morgan fingerprint density at radius 3 is 2.24 bits per heavy atom. The molecule has 0 saturated carbocycles. The summed E-state index contributed by atoms with van der Waals surface area (Å²) in [5, 5.41) is 0.794. The van der Waals surface area contributed by atoms with Crippen LogP contribution in [0.15, 0.2) is 18.2 Å². The zero-order valence-corrected chi connectivity index (χ0v) is 15.9. The van der Waals surface area contributed by atoms with Gasteiger partial charge in [-0.15, -0.1) is 0 Å². The van der Waals surface area contributed by atoms with E-state index < -0.39 is 8.32 Å². The number of methoxy groups -OCH3 is 1. The Bertz CT molecular complexity index is 469. The molecule has 1 aromatic rings. The van der Waals surface area contributed by atoms with Crippen molar-refractivity contribution in [2.75, 3.05) is 13.7 Å². The lowest BCUT2D eigenvalue weighted by Gasteiger charge is -2.38. The molecule has 1 aromatic carbocycles. The van der Waals surface area contributed by atoms with Crippen LogP contribution in [0.1, 0.15) is 27.7 Å². The zero-order valence-electron chi connectivity index (χ0n) is 14.1. The van der Waals surface area contributed by atoms with Crippen LogP contribution in [-0.4, -0.2) is 28.1 Å². The molecule has 0 aliphatic rings. The van der Waals surface area contributed by atoms with Gasteiger partial charge >= 0.3 is 0 Å². The molecule has 3 nitrogen and oxygen atoms in total. The zero-order chi connectivity index (χ0) is 16.3. The molecule has 0 aliphatic carbocycles. The molecule has 0 N–H and O–H groups in total. The molecule has 0 heterocycles. The Morgan fingerprint density at radius 1 is 1.14 bits per heavy atom. The van der Waals surface area contributed by atoms with Crippen molar-refractivity contribution in [1.82, 2.24) is 0 Å². The molecule has 1 rings (SSSR count). The predicted octanol–water partition coefficient (Wildman–Crippen LogP) is 5.14. The van der Waals surface area contributed by atoms with Crippen LogP contribution >= 0.6 is 11.6 Å². The van der Waals surface area contributed by atoms with Gasteiger partial charge in [0.05, 0.1) is 13.2 Å². The van der Waals surface area contributed by atoms with E-state index in [9.17, 15) is 0 Å². The summed E-state index contributed by atoms with van der Waals surface area (Å²) in [6, 6.07) is 5.36. The first kappa shape index (κ1) is 18.3. The van der Waals surface area contributed by atoms with Crippen molar-refractivity contribution in [3.05, 3.63) is 23.2 Å². The van der Waals surface area contributed by atoms with Gasteiger partial charge in [0.25, 0.3) is 0 Å². The summed E-state index contributed by atoms with van der Waals surface area (Å²) in [6.45, 7) is 13.7. The molecule has 0 aliphatic heterocycles. The SMILES string of the molecule is COc1cc(Cl)cc(OCC(C)O[Si](C)(C)C(C)(C)C)c1. The van der Waals surface area contributed by atoms with Crippen LogP contribution in [-0.2, 0) is 4.43 Å². The number of benzene rings is 1. The van der Waals surface area contributed by atoms with Crippen molar-refractivity contribution >= 4 is 19.9 Å². The first-order valence-corrected chi connectivity index (χ1v) is 10.5. The maximum Gasteiger partial charge on any atom is 0.192 e. The quantitative estimate of drug-likeness (QED) is 0.676. The average Bonchev–Trinajstić information content (AvgIpc) is 2.33. The number of hydrogen-bond donors (Lipinski definition) is 0. The highest BCUT2D eigenvalue weighted by Gasteiger charge is 2.38. The fraction of sp³-hybridized carbons (Fsp3) is 0.625. The Kier molecular flexibility index (Phi) is 6.14. The van der Waals surface area contributed by atoms with E-state index in [4.69, 9.17) is 25.5 Å². The van der Waals surface area contributed by atoms with Crippen molar-refractivity contribution in [3.8, 4) is 11.5 Å². The topological polar surface area (TPSA) is 27.7 Å². The molecule has 0 spiro atoms. The predicted molar refractivity (Wildman–Crippen MR) is 91.2 cm³/mol. The number of halogens is 1. The third-order valence-electron chi connectivity index (χ3n) is 3.87. The van der Waals surface area contributed by atoms with E-state index in [1.165, 1.54) is 0 Å². The maximum atomic E-state index is 6.26. The van der Waals surface area contributed by atoms with E-state index >= 15 is 0 Å². The molecule has 1 atom stereocenters. The van der Waals surface area contributed by atoms with Gasteiger partial charge in [-0.2, -0.15) is 0 Å². The second-order valence-corrected chi connectivity index (χ2v) is 12.0. The highest BCUT2D eigenvalue weighted by Crippen LogP contribution is 2.37. The summed E-state index contributed by atoms with van der Waals surface area (Å²) in [7, 11) is -0.156. The van der Waals surface area contributed by atoms with Gasteiger partial charge < -0.3 is 13.9 Å². The summed E-state index contributed by atoms with van der Waals surface area (Å²) in [6.07, 6.45) is 0.0378. The lowest BCUT2D eigenvalue weighted by Crippen LogP contribution is -2.44. The van der Waals surface area contributed by atoms with Crippen molar-refractivity contribution in [3.63, 3.8) is 0 Å². The minimum Gasteiger partial charge on any atom is -0.497 e. The second-order valence-electron chi connectivity index (χ2n) is 6.83. The smallest absolute Gasteiger partial charge is 0.192 e. The Morgan fingerprint density at radius 2 is 1.71 bits per heavy atom. The maximum absolute atomic E-state index is 6.26. The third kappa shape index (κ3) is 5.53. The van der Waals surface area contributed by atoms with Crippen LogP contribution in [0.3, 0.4) is 0 Å². The monoisotopic (exact) mass is 330 g/mol. The Balaban J connectivity index is 2.61. The van der Waals surface area contributed by atoms with Crippen molar-refractivity contribution in [2.24, 2.45) is 0 Å². The minimum atomic E-state index is -1.77. The molecule has 0 bridgehead atoms. The fourth-order valence-corrected chi connectivity index (χ4v) is 3.31. The lowest BCUT2D eigenvalue weighted by atomic mass is 10.2. The summed E-state index contributed by atoms with van der Waals surface area (Å²) in [4.78, 5) is 0. The van der Waals surface area contributed by atoms with E-state index in [-0.39, 0.29) is 11.1 Å². The lowest BCUT2D eigenvalue weighted by molar-refractivity contribution is 0.129. The van der Waals surface area contributed by atoms with Crippen LogP contribution in [0.4, 0.5) is 0 Å². The summed E-state index contributed by atoms with van der Waals surface area (Å²) >= 11 is 6.03. The number of ether oxygens (including phenoxy) is 2. The summed E-state index contributed by atoms with van der Waals surface area (Å²) in [5.74, 6) is 1.39. The van der Waals surface area contributed by atoms with E-state index in [0.717, 1.165) is 0 Å². The number of rotatable bonds is 6. The van der Waals surface area contributed by atoms with Gasteiger partial charge in [-0.05, 0) is 37.2 Å². The molecule has 0 aromatic heterocycles. The summed E-state index contributed by atoms with van der Waals surface area (Å²) < 4.78 is 17.2. The molecule has 120 valence electrons. The normalized spacial score (nSPS) is 13.9. The first-order valence-electron chi connectivity index (χ1n) is 7.20. The van der Waals surface area contributed by atoms with Crippen LogP contribution < -0.4 is 9.47 Å². The number of hydrogen-bond acceptors (Lipinski definition) is 3. The van der Waals surface area contributed by atoms with Gasteiger partial charge in [-0.1, -0.05) is 32.4 Å². The van der Waals surface area contributed by atoms with E-state index in [2.05, 4.69) is 33.9 Å². The first-order chi connectivity index (χ1) is 9.55. The molecular formula is C16H27ClO3Si. The van der Waals surface area contributed by atoms with Crippen molar-refractivity contribution < 1.29 is 13.9 Å². The Labute approximate surface area is 134 Å². The molecule has 21 heavy (non-hydrogen) atoms. The van der Waals surface area contributed by atoms with Gasteiger partial charge in [0, 0.05) is 11.1 Å². The van der Waals surface area contributed by atoms with Crippen LogP contribution in [0.25, 0.3) is 0 Å². The third-order valence-corrected chi connectivity index (χ3v) is 8.69. The highest BCUT2D eigenvalue weighted by molar-refractivity contribution is 6.74. The van der Waals surface area contributed by atoms with Crippen LogP contribution in [0, 0.1) is 0 Å². The molecule has 5 heteroatoms. The standard InChI is InChI=1S/C16H27ClO3Si/c1-12(20-21(6,7)16(2,3)4)11-19-15-9-13(17)8-14(10-15)18-5/h8-10,12H,11H2,1-7H3. The van der Waals surface area contributed by atoms with Crippen molar-refractivity contribution in [1.29, 1.82) is 0 Å². The largest absolute Gasteiger partial charge is 0.497 e. The molecule has 0 saturated heterocycles. The highest BCUT2D eigenvalue weighted by atomic mass is 35.5. The van der Waals surface area contributed by atoms with Crippen molar-refractivity contribution in [2.45, 2.75) is 51.9 Å². The Hall–Kier alpha value is -0.713. The molecule has 0 amide bonds. The van der Waals surface area contributed by atoms with Gasteiger partial charge in [0.15, 0.2) is 8.32 Å². The minimum absolute atomic E-state index is 0.0378. The van der Waals surface area contributed by atoms with Gasteiger partial charge in [-0.25, -0.2) is 0 Å². The van der Waals surface area contributed by atoms with E-state index in [1.54, 1.807) is 19.2 Å². The average molecular weight is 331 g/mol.